The highest BCUT2D eigenvalue weighted by Gasteiger charge is 2.30. The van der Waals surface area contributed by atoms with Crippen molar-refractivity contribution in [3.05, 3.63) is 52.5 Å². The summed E-state index contributed by atoms with van der Waals surface area (Å²) in [6.07, 6.45) is 3.29. The quantitative estimate of drug-likeness (QED) is 0.904. The molecule has 2 aromatic rings. The first-order valence-corrected chi connectivity index (χ1v) is 9.20. The Bertz CT molecular complexity index is 638. The summed E-state index contributed by atoms with van der Waals surface area (Å²) >= 11 is 1.76. The number of pyridine rings is 1. The molecule has 3 heterocycles. The highest BCUT2D eigenvalue weighted by Crippen LogP contribution is 2.29. The molecule has 1 aliphatic rings. The van der Waals surface area contributed by atoms with E-state index in [9.17, 15) is 4.79 Å². The first-order valence-electron chi connectivity index (χ1n) is 8.32. The number of nitrogens with zero attached hydrogens (tertiary/aromatic N) is 3. The summed E-state index contributed by atoms with van der Waals surface area (Å²) in [7, 11) is 2.16. The highest BCUT2D eigenvalue weighted by atomic mass is 32.1. The summed E-state index contributed by atoms with van der Waals surface area (Å²) in [4.78, 5) is 22.7. The fourth-order valence-electron chi connectivity index (χ4n) is 3.17. The molecule has 5 nitrogen and oxygen atoms in total. The van der Waals surface area contributed by atoms with Gasteiger partial charge in [0, 0.05) is 49.5 Å². The zero-order valence-electron chi connectivity index (χ0n) is 14.2. The molecule has 24 heavy (non-hydrogen) atoms. The Morgan fingerprint density at radius 2 is 2.04 bits per heavy atom. The summed E-state index contributed by atoms with van der Waals surface area (Å²) < 4.78 is 0. The molecule has 2 aromatic heterocycles. The molecule has 1 amide bonds. The normalized spacial score (nSPS) is 18.9. The van der Waals surface area contributed by atoms with Gasteiger partial charge in [-0.05, 0) is 37.6 Å². The minimum absolute atomic E-state index is 0.0276. The van der Waals surface area contributed by atoms with Gasteiger partial charge in [0.15, 0.2) is 0 Å². The van der Waals surface area contributed by atoms with Gasteiger partial charge in [-0.1, -0.05) is 6.07 Å². The molecule has 1 aliphatic heterocycles. The number of hydrogen-bond donors (Lipinski definition) is 1. The van der Waals surface area contributed by atoms with Crippen molar-refractivity contribution >= 4 is 17.2 Å². The standard InChI is InChI=1S/C18H24N4OS/c1-14(20-18(23)15-5-3-7-19-13-15)17(16-6-4-12-24-16)22-10-8-21(2)9-11-22/h3-7,12-14,17H,8-11H2,1-2H3,(H,20,23)/t14-,17-/m0/s1. The molecule has 3 rings (SSSR count). The van der Waals surface area contributed by atoms with E-state index < -0.39 is 0 Å². The lowest BCUT2D eigenvalue weighted by Crippen LogP contribution is -2.51. The molecule has 0 aromatic carbocycles. The summed E-state index contributed by atoms with van der Waals surface area (Å²) in [5.41, 5.74) is 0.604. The molecule has 6 heteroatoms. The van der Waals surface area contributed by atoms with Crippen LogP contribution in [-0.2, 0) is 0 Å². The zero-order chi connectivity index (χ0) is 16.9. The maximum Gasteiger partial charge on any atom is 0.253 e. The summed E-state index contributed by atoms with van der Waals surface area (Å²) in [6, 6.07) is 8.07. The Labute approximate surface area is 147 Å². The van der Waals surface area contributed by atoms with Gasteiger partial charge in [-0.15, -0.1) is 11.3 Å². The summed E-state index contributed by atoms with van der Waals surface area (Å²) in [6.45, 7) is 6.26. The van der Waals surface area contributed by atoms with Gasteiger partial charge < -0.3 is 10.2 Å². The lowest BCUT2D eigenvalue weighted by Gasteiger charge is -2.40. The number of rotatable bonds is 5. The molecule has 0 bridgehead atoms. The third-order valence-electron chi connectivity index (χ3n) is 4.52. The third kappa shape index (κ3) is 4.01. The van der Waals surface area contributed by atoms with E-state index in [1.807, 2.05) is 0 Å². The molecule has 0 unspecified atom stereocenters. The lowest BCUT2D eigenvalue weighted by atomic mass is 10.0. The van der Waals surface area contributed by atoms with E-state index in [0.29, 0.717) is 5.56 Å². The highest BCUT2D eigenvalue weighted by molar-refractivity contribution is 7.10. The summed E-state index contributed by atoms with van der Waals surface area (Å²) in [5.74, 6) is -0.0636. The Kier molecular flexibility index (Phi) is 5.60. The second-order valence-corrected chi connectivity index (χ2v) is 7.28. The van der Waals surface area contributed by atoms with Crippen LogP contribution in [0.2, 0.25) is 0 Å². The maximum absolute atomic E-state index is 12.5. The van der Waals surface area contributed by atoms with Crippen molar-refractivity contribution in [1.82, 2.24) is 20.1 Å². The third-order valence-corrected chi connectivity index (χ3v) is 5.47. The number of aromatic nitrogens is 1. The molecule has 0 saturated carbocycles. The first-order chi connectivity index (χ1) is 11.6. The minimum atomic E-state index is -0.0636. The van der Waals surface area contributed by atoms with Crippen LogP contribution in [0.3, 0.4) is 0 Å². The van der Waals surface area contributed by atoms with Gasteiger partial charge in [0.05, 0.1) is 11.6 Å². The van der Waals surface area contributed by atoms with Crippen LogP contribution in [0, 0.1) is 0 Å². The van der Waals surface area contributed by atoms with E-state index in [1.54, 1.807) is 35.9 Å². The molecular formula is C18H24N4OS. The van der Waals surface area contributed by atoms with Crippen LogP contribution >= 0.6 is 11.3 Å². The molecule has 0 spiro atoms. The van der Waals surface area contributed by atoms with Gasteiger partial charge in [0.2, 0.25) is 0 Å². The van der Waals surface area contributed by atoms with Crippen molar-refractivity contribution in [2.75, 3.05) is 33.2 Å². The van der Waals surface area contributed by atoms with Crippen molar-refractivity contribution < 1.29 is 4.79 Å². The number of likely N-dealkylation sites (N-methyl/N-ethyl adjacent to an activating group) is 1. The number of piperazine rings is 1. The van der Waals surface area contributed by atoms with Crippen molar-refractivity contribution in [2.45, 2.75) is 19.0 Å². The molecule has 128 valence electrons. The number of thiophene rings is 1. The predicted molar refractivity (Wildman–Crippen MR) is 97.3 cm³/mol. The van der Waals surface area contributed by atoms with Crippen LogP contribution in [0.15, 0.2) is 42.0 Å². The van der Waals surface area contributed by atoms with Crippen LogP contribution in [0.1, 0.15) is 28.2 Å². The Morgan fingerprint density at radius 3 is 2.67 bits per heavy atom. The SMILES string of the molecule is C[C@H](NC(=O)c1cccnc1)[C@@H](c1cccs1)N1CCN(C)CC1. The molecular weight excluding hydrogens is 320 g/mol. The van der Waals surface area contributed by atoms with Gasteiger partial charge in [-0.2, -0.15) is 0 Å². The number of amides is 1. The lowest BCUT2D eigenvalue weighted by molar-refractivity contribution is 0.0799. The number of carbonyl (C=O) groups excluding carboxylic acids is 1. The Hall–Kier alpha value is -1.76. The van der Waals surface area contributed by atoms with E-state index in [1.165, 1.54) is 4.88 Å². The van der Waals surface area contributed by atoms with Crippen molar-refractivity contribution in [3.8, 4) is 0 Å². The van der Waals surface area contributed by atoms with Crippen LogP contribution in [0.4, 0.5) is 0 Å². The van der Waals surface area contributed by atoms with Crippen LogP contribution in [0.5, 0.6) is 0 Å². The van der Waals surface area contributed by atoms with Gasteiger partial charge in [-0.25, -0.2) is 0 Å². The van der Waals surface area contributed by atoms with Crippen LogP contribution < -0.4 is 5.32 Å². The topological polar surface area (TPSA) is 48.5 Å². The second-order valence-electron chi connectivity index (χ2n) is 6.30. The van der Waals surface area contributed by atoms with Gasteiger partial charge >= 0.3 is 0 Å². The fraction of sp³-hybridized carbons (Fsp3) is 0.444. The first kappa shape index (κ1) is 17.1. The number of hydrogen-bond acceptors (Lipinski definition) is 5. The second kappa shape index (κ2) is 7.88. The zero-order valence-corrected chi connectivity index (χ0v) is 15.0. The number of nitrogens with one attached hydrogen (secondary N) is 1. The average Bonchev–Trinajstić information content (AvgIpc) is 3.11. The molecule has 0 aliphatic carbocycles. The van der Waals surface area contributed by atoms with Crippen LogP contribution in [0.25, 0.3) is 0 Å². The minimum Gasteiger partial charge on any atom is -0.348 e. The van der Waals surface area contributed by atoms with Gasteiger partial charge in [0.25, 0.3) is 5.91 Å². The molecule has 1 fully saturated rings. The average molecular weight is 344 g/mol. The summed E-state index contributed by atoms with van der Waals surface area (Å²) in [5, 5.41) is 5.27. The van der Waals surface area contributed by atoms with E-state index in [2.05, 4.69) is 51.6 Å². The van der Waals surface area contributed by atoms with Crippen molar-refractivity contribution in [1.29, 1.82) is 0 Å². The fourth-order valence-corrected chi connectivity index (χ4v) is 4.13. The smallest absolute Gasteiger partial charge is 0.253 e. The molecule has 1 N–H and O–H groups in total. The van der Waals surface area contributed by atoms with Crippen molar-refractivity contribution in [3.63, 3.8) is 0 Å². The van der Waals surface area contributed by atoms with E-state index in [-0.39, 0.29) is 18.0 Å². The van der Waals surface area contributed by atoms with E-state index in [0.717, 1.165) is 26.2 Å². The van der Waals surface area contributed by atoms with E-state index >= 15 is 0 Å². The largest absolute Gasteiger partial charge is 0.348 e. The van der Waals surface area contributed by atoms with Gasteiger partial charge in [-0.3, -0.25) is 14.7 Å². The van der Waals surface area contributed by atoms with Gasteiger partial charge in [0.1, 0.15) is 0 Å². The molecule has 0 radical (unpaired) electrons. The molecule has 2 atom stereocenters. The Morgan fingerprint density at radius 1 is 1.25 bits per heavy atom. The maximum atomic E-state index is 12.5. The van der Waals surface area contributed by atoms with Crippen LogP contribution in [-0.4, -0.2) is 60.0 Å². The molecule has 1 saturated heterocycles. The Balaban J connectivity index is 1.74. The number of carbonyl (C=O) groups is 1. The monoisotopic (exact) mass is 344 g/mol. The van der Waals surface area contributed by atoms with E-state index in [4.69, 9.17) is 0 Å². The predicted octanol–water partition coefficient (Wildman–Crippen LogP) is 2.25. The van der Waals surface area contributed by atoms with Crippen molar-refractivity contribution in [2.24, 2.45) is 0 Å².